The number of hydrogen-bond acceptors (Lipinski definition) is 3. The summed E-state index contributed by atoms with van der Waals surface area (Å²) in [5.41, 5.74) is -0.620. The summed E-state index contributed by atoms with van der Waals surface area (Å²) in [5.74, 6) is 0.610. The van der Waals surface area contributed by atoms with Crippen LogP contribution in [0.2, 0.25) is 0 Å². The van der Waals surface area contributed by atoms with Crippen LogP contribution in [0.5, 0.6) is 0 Å². The first-order chi connectivity index (χ1) is 8.00. The van der Waals surface area contributed by atoms with Gasteiger partial charge in [0.2, 0.25) is 5.91 Å². The summed E-state index contributed by atoms with van der Waals surface area (Å²) in [6, 6.07) is 0.394. The molecule has 0 unspecified atom stereocenters. The van der Waals surface area contributed by atoms with Gasteiger partial charge < -0.3 is 15.3 Å². The molecule has 17 heavy (non-hydrogen) atoms. The topological polar surface area (TPSA) is 52.6 Å². The number of piperidine rings is 1. The summed E-state index contributed by atoms with van der Waals surface area (Å²) in [5, 5.41) is 13.7. The lowest BCUT2D eigenvalue weighted by molar-refractivity contribution is -0.136. The summed E-state index contributed by atoms with van der Waals surface area (Å²) < 4.78 is 0. The maximum absolute atomic E-state index is 11.9. The molecule has 98 valence electrons. The van der Waals surface area contributed by atoms with Crippen LogP contribution in [0.4, 0.5) is 0 Å². The van der Waals surface area contributed by atoms with Gasteiger partial charge >= 0.3 is 0 Å². The summed E-state index contributed by atoms with van der Waals surface area (Å²) in [7, 11) is 0. The highest BCUT2D eigenvalue weighted by Crippen LogP contribution is 2.33. The summed E-state index contributed by atoms with van der Waals surface area (Å²) in [6.45, 7) is 6.22. The fourth-order valence-electron chi connectivity index (χ4n) is 2.30. The second kappa shape index (κ2) is 4.94. The number of amides is 1. The molecule has 4 heteroatoms. The molecule has 1 aliphatic heterocycles. The summed E-state index contributed by atoms with van der Waals surface area (Å²) >= 11 is 0. The third-order valence-electron chi connectivity index (χ3n) is 3.77. The van der Waals surface area contributed by atoms with E-state index in [4.69, 9.17) is 0 Å². The number of carbonyl (C=O) groups is 1. The highest BCUT2D eigenvalue weighted by molar-refractivity contribution is 5.81. The van der Waals surface area contributed by atoms with Gasteiger partial charge in [-0.05, 0) is 25.7 Å². The molecule has 1 amide bonds. The lowest BCUT2D eigenvalue weighted by atomic mass is 9.91. The molecule has 0 aromatic rings. The van der Waals surface area contributed by atoms with E-state index in [-0.39, 0.29) is 0 Å². The zero-order valence-electron chi connectivity index (χ0n) is 10.9. The van der Waals surface area contributed by atoms with Crippen LogP contribution in [-0.4, -0.2) is 47.2 Å². The molecule has 0 spiro atoms. The fourth-order valence-corrected chi connectivity index (χ4v) is 2.30. The fraction of sp³-hybridized carbons (Fsp3) is 0.923. The average Bonchev–Trinajstić information content (AvgIpc) is 3.11. The molecule has 2 aliphatic rings. The molecule has 0 radical (unpaired) electrons. The summed E-state index contributed by atoms with van der Waals surface area (Å²) in [6.07, 6.45) is 3.53. The van der Waals surface area contributed by atoms with Gasteiger partial charge in [0.05, 0.1) is 5.60 Å². The Hall–Kier alpha value is -0.610. The van der Waals surface area contributed by atoms with E-state index < -0.39 is 5.60 Å². The van der Waals surface area contributed by atoms with Gasteiger partial charge in [0.25, 0.3) is 0 Å². The Morgan fingerprint density at radius 1 is 1.41 bits per heavy atom. The first kappa shape index (κ1) is 12.8. The normalized spacial score (nSPS) is 24.1. The van der Waals surface area contributed by atoms with E-state index in [0.717, 1.165) is 12.8 Å². The predicted molar refractivity (Wildman–Crippen MR) is 66.6 cm³/mol. The molecular formula is C13H24N2O2. The standard InChI is InChI=1S/C13H24N2O2/c1-10(2)14-9-13(17)5-7-15(8-6-13)12(16)11-3-4-11/h10-11,14,17H,3-9H2,1-2H3. The van der Waals surface area contributed by atoms with Gasteiger partial charge in [-0.15, -0.1) is 0 Å². The monoisotopic (exact) mass is 240 g/mol. The van der Waals surface area contributed by atoms with E-state index in [0.29, 0.717) is 50.3 Å². The molecule has 2 rings (SSSR count). The number of rotatable bonds is 4. The van der Waals surface area contributed by atoms with Gasteiger partial charge in [0.15, 0.2) is 0 Å². The van der Waals surface area contributed by atoms with Crippen molar-refractivity contribution in [1.82, 2.24) is 10.2 Å². The Bertz CT molecular complexity index is 279. The van der Waals surface area contributed by atoms with Gasteiger partial charge in [-0.25, -0.2) is 0 Å². The van der Waals surface area contributed by atoms with E-state index in [2.05, 4.69) is 19.2 Å². The van der Waals surface area contributed by atoms with Crippen LogP contribution in [-0.2, 0) is 4.79 Å². The van der Waals surface area contributed by atoms with Gasteiger partial charge in [0.1, 0.15) is 0 Å². The molecule has 1 aliphatic carbocycles. The van der Waals surface area contributed by atoms with Crippen LogP contribution in [0.1, 0.15) is 39.5 Å². The Labute approximate surface area is 103 Å². The van der Waals surface area contributed by atoms with E-state index >= 15 is 0 Å². The highest BCUT2D eigenvalue weighted by Gasteiger charge is 2.38. The first-order valence-corrected chi connectivity index (χ1v) is 6.75. The second-order valence-corrected chi connectivity index (χ2v) is 5.86. The van der Waals surface area contributed by atoms with E-state index in [1.54, 1.807) is 0 Å². The largest absolute Gasteiger partial charge is 0.388 e. The van der Waals surface area contributed by atoms with Crippen LogP contribution in [0.25, 0.3) is 0 Å². The van der Waals surface area contributed by atoms with Gasteiger partial charge in [-0.2, -0.15) is 0 Å². The Morgan fingerprint density at radius 3 is 2.47 bits per heavy atom. The van der Waals surface area contributed by atoms with Gasteiger partial charge in [0, 0.05) is 31.6 Å². The maximum Gasteiger partial charge on any atom is 0.225 e. The molecule has 0 atom stereocenters. The average molecular weight is 240 g/mol. The SMILES string of the molecule is CC(C)NCC1(O)CCN(C(=O)C2CC2)CC1. The molecule has 0 aromatic heterocycles. The second-order valence-electron chi connectivity index (χ2n) is 5.86. The molecule has 4 nitrogen and oxygen atoms in total. The van der Waals surface area contributed by atoms with Crippen molar-refractivity contribution < 1.29 is 9.90 Å². The van der Waals surface area contributed by atoms with Crippen molar-refractivity contribution in [3.05, 3.63) is 0 Å². The minimum atomic E-state index is -0.620. The molecule has 2 N–H and O–H groups in total. The Balaban J connectivity index is 1.77. The Kier molecular flexibility index (Phi) is 3.73. The van der Waals surface area contributed by atoms with E-state index in [1.807, 2.05) is 4.90 Å². The first-order valence-electron chi connectivity index (χ1n) is 6.75. The molecule has 1 heterocycles. The lowest BCUT2D eigenvalue weighted by Crippen LogP contribution is -2.52. The zero-order chi connectivity index (χ0) is 12.5. The third kappa shape index (κ3) is 3.42. The number of nitrogens with one attached hydrogen (secondary N) is 1. The van der Waals surface area contributed by atoms with Gasteiger partial charge in [-0.1, -0.05) is 13.8 Å². The number of likely N-dealkylation sites (tertiary alicyclic amines) is 1. The van der Waals surface area contributed by atoms with Crippen molar-refractivity contribution in [2.45, 2.75) is 51.2 Å². The molecular weight excluding hydrogens is 216 g/mol. The number of nitrogens with zero attached hydrogens (tertiary/aromatic N) is 1. The van der Waals surface area contributed by atoms with Crippen molar-refractivity contribution in [3.8, 4) is 0 Å². The van der Waals surface area contributed by atoms with Crippen LogP contribution in [0, 0.1) is 5.92 Å². The predicted octanol–water partition coefficient (Wildman–Crippen LogP) is 0.748. The Morgan fingerprint density at radius 2 is 2.00 bits per heavy atom. The highest BCUT2D eigenvalue weighted by atomic mass is 16.3. The van der Waals surface area contributed by atoms with Crippen LogP contribution in [0.15, 0.2) is 0 Å². The molecule has 2 fully saturated rings. The quantitative estimate of drug-likeness (QED) is 0.762. The molecule has 1 saturated carbocycles. The summed E-state index contributed by atoms with van der Waals surface area (Å²) in [4.78, 5) is 13.8. The minimum Gasteiger partial charge on any atom is -0.388 e. The lowest BCUT2D eigenvalue weighted by Gasteiger charge is -2.38. The van der Waals surface area contributed by atoms with Crippen LogP contribution in [0.3, 0.4) is 0 Å². The van der Waals surface area contributed by atoms with E-state index in [1.165, 1.54) is 0 Å². The van der Waals surface area contributed by atoms with Crippen molar-refractivity contribution in [3.63, 3.8) is 0 Å². The van der Waals surface area contributed by atoms with Crippen molar-refractivity contribution >= 4 is 5.91 Å². The smallest absolute Gasteiger partial charge is 0.225 e. The minimum absolute atomic E-state index is 0.301. The van der Waals surface area contributed by atoms with Crippen molar-refractivity contribution in [2.24, 2.45) is 5.92 Å². The van der Waals surface area contributed by atoms with Gasteiger partial charge in [-0.3, -0.25) is 4.79 Å². The van der Waals surface area contributed by atoms with E-state index in [9.17, 15) is 9.90 Å². The zero-order valence-corrected chi connectivity index (χ0v) is 10.9. The van der Waals surface area contributed by atoms with Crippen molar-refractivity contribution in [2.75, 3.05) is 19.6 Å². The maximum atomic E-state index is 11.9. The van der Waals surface area contributed by atoms with Crippen molar-refractivity contribution in [1.29, 1.82) is 0 Å². The third-order valence-corrected chi connectivity index (χ3v) is 3.77. The molecule has 0 bridgehead atoms. The number of carbonyl (C=O) groups excluding carboxylic acids is 1. The molecule has 0 aromatic carbocycles. The molecule has 1 saturated heterocycles. The van der Waals surface area contributed by atoms with Crippen LogP contribution < -0.4 is 5.32 Å². The number of hydrogen-bond donors (Lipinski definition) is 2. The number of aliphatic hydroxyl groups is 1. The van der Waals surface area contributed by atoms with Crippen LogP contribution >= 0.6 is 0 Å².